The highest BCUT2D eigenvalue weighted by Gasteiger charge is 2.23. The number of ether oxygens (including phenoxy) is 2. The lowest BCUT2D eigenvalue weighted by molar-refractivity contribution is -0.485. The number of piperazine rings is 1. The molecule has 11 heteroatoms. The van der Waals surface area contributed by atoms with Crippen molar-refractivity contribution in [2.24, 2.45) is 0 Å². The first kappa shape index (κ1) is 23.5. The normalized spacial score (nSPS) is 14.5. The van der Waals surface area contributed by atoms with Crippen LogP contribution in [0.25, 0.3) is 27.8 Å². The largest absolute Gasteiger partial charge is 0.497 e. The van der Waals surface area contributed by atoms with Crippen molar-refractivity contribution >= 4 is 34.2 Å². The standard InChI is InChI=1S/C24H30ClN8O2/c1-26-24-28-14-16-11-19(18-12-17(34-2)13-20(35-3)21(18)25)23-30-32(15-33(23)22(16)29-24)8-4-7-31-9-5-27-6-10-31/h11-15,27H,4-10H2,1-3H3,(H,26,28,29)/q+1. The number of anilines is 1. The number of nitrogens with zero attached hydrogens (tertiary/aromatic N) is 6. The second-order valence-electron chi connectivity index (χ2n) is 8.49. The molecule has 4 aromatic rings. The van der Waals surface area contributed by atoms with Gasteiger partial charge in [0.25, 0.3) is 17.2 Å². The molecule has 0 spiro atoms. The number of methoxy groups -OCH3 is 2. The molecule has 1 fully saturated rings. The molecule has 0 radical (unpaired) electrons. The number of fused-ring (bicyclic) bond motifs is 3. The number of hydrogen-bond donors (Lipinski definition) is 2. The zero-order valence-electron chi connectivity index (χ0n) is 20.2. The van der Waals surface area contributed by atoms with Crippen LogP contribution in [0.1, 0.15) is 6.42 Å². The monoisotopic (exact) mass is 497 g/mol. The quantitative estimate of drug-likeness (QED) is 0.358. The second-order valence-corrected chi connectivity index (χ2v) is 8.87. The highest BCUT2D eigenvalue weighted by molar-refractivity contribution is 6.35. The lowest BCUT2D eigenvalue weighted by Gasteiger charge is -2.26. The maximum atomic E-state index is 6.77. The third-order valence-corrected chi connectivity index (χ3v) is 6.71. The van der Waals surface area contributed by atoms with Gasteiger partial charge in [0, 0.05) is 57.6 Å². The van der Waals surface area contributed by atoms with E-state index in [0.29, 0.717) is 22.5 Å². The van der Waals surface area contributed by atoms with Gasteiger partial charge in [0.15, 0.2) is 6.33 Å². The van der Waals surface area contributed by atoms with E-state index >= 15 is 0 Å². The predicted molar refractivity (Wildman–Crippen MR) is 136 cm³/mol. The van der Waals surface area contributed by atoms with Gasteiger partial charge in [-0.3, -0.25) is 0 Å². The highest BCUT2D eigenvalue weighted by atomic mass is 35.5. The lowest BCUT2D eigenvalue weighted by atomic mass is 10.0. The summed E-state index contributed by atoms with van der Waals surface area (Å²) in [5, 5.41) is 12.7. The van der Waals surface area contributed by atoms with Crippen molar-refractivity contribution < 1.29 is 13.9 Å². The fourth-order valence-electron chi connectivity index (χ4n) is 4.47. The van der Waals surface area contributed by atoms with Crippen LogP contribution < -0.4 is 24.5 Å². The van der Waals surface area contributed by atoms with Crippen LogP contribution in [-0.2, 0) is 6.54 Å². The van der Waals surface area contributed by atoms with Crippen LogP contribution in [-0.4, -0.2) is 78.6 Å². The van der Waals surface area contributed by atoms with Crippen LogP contribution in [0.2, 0.25) is 5.02 Å². The van der Waals surface area contributed by atoms with Gasteiger partial charge in [-0.05, 0) is 23.7 Å². The molecule has 35 heavy (non-hydrogen) atoms. The van der Waals surface area contributed by atoms with Gasteiger partial charge in [0.2, 0.25) is 0 Å². The minimum atomic E-state index is 0.496. The first-order valence-electron chi connectivity index (χ1n) is 11.7. The maximum Gasteiger partial charge on any atom is 0.280 e. The summed E-state index contributed by atoms with van der Waals surface area (Å²) >= 11 is 6.77. The van der Waals surface area contributed by atoms with Gasteiger partial charge in [-0.2, -0.15) is 4.40 Å². The van der Waals surface area contributed by atoms with E-state index in [1.165, 1.54) is 0 Å². The average Bonchev–Trinajstić information content (AvgIpc) is 3.33. The number of pyridine rings is 1. The molecule has 5 rings (SSSR count). The predicted octanol–water partition coefficient (Wildman–Crippen LogP) is 2.24. The average molecular weight is 498 g/mol. The van der Waals surface area contributed by atoms with E-state index in [4.69, 9.17) is 31.2 Å². The molecule has 1 saturated heterocycles. The summed E-state index contributed by atoms with van der Waals surface area (Å²) in [5.41, 5.74) is 3.13. The van der Waals surface area contributed by atoms with Gasteiger partial charge in [0.05, 0.1) is 36.7 Å². The van der Waals surface area contributed by atoms with Crippen LogP contribution in [0, 0.1) is 0 Å². The molecule has 1 aromatic carbocycles. The highest BCUT2D eigenvalue weighted by Crippen LogP contribution is 2.40. The summed E-state index contributed by atoms with van der Waals surface area (Å²) in [7, 11) is 5.02. The number of hydrogen-bond acceptors (Lipinski definition) is 8. The van der Waals surface area contributed by atoms with E-state index in [1.54, 1.807) is 33.5 Å². The van der Waals surface area contributed by atoms with Crippen molar-refractivity contribution in [1.82, 2.24) is 30.0 Å². The van der Waals surface area contributed by atoms with Crippen molar-refractivity contribution in [2.45, 2.75) is 13.0 Å². The molecule has 0 amide bonds. The molecule has 1 aliphatic heterocycles. The first-order chi connectivity index (χ1) is 17.1. The lowest BCUT2D eigenvalue weighted by Crippen LogP contribution is -2.43. The number of nitrogens with one attached hydrogen (secondary N) is 2. The minimum absolute atomic E-state index is 0.496. The molecule has 3 aromatic heterocycles. The van der Waals surface area contributed by atoms with Gasteiger partial charge in [-0.1, -0.05) is 16.6 Å². The third-order valence-electron chi connectivity index (χ3n) is 6.32. The van der Waals surface area contributed by atoms with Gasteiger partial charge < -0.3 is 25.0 Å². The molecule has 1 aliphatic rings. The zero-order valence-corrected chi connectivity index (χ0v) is 21.0. The van der Waals surface area contributed by atoms with Crippen molar-refractivity contribution in [2.75, 3.05) is 59.3 Å². The number of aromatic nitrogens is 5. The fourth-order valence-corrected chi connectivity index (χ4v) is 4.76. The van der Waals surface area contributed by atoms with Gasteiger partial charge >= 0.3 is 0 Å². The molecule has 0 atom stereocenters. The van der Waals surface area contributed by atoms with E-state index in [2.05, 4.69) is 20.5 Å². The molecule has 2 N–H and O–H groups in total. The molecule has 4 heterocycles. The Morgan fingerprint density at radius 3 is 2.66 bits per heavy atom. The Bertz CT molecular complexity index is 1350. The maximum absolute atomic E-state index is 6.77. The SMILES string of the molecule is CNc1ncc2cc(-c3cc(OC)cc(OC)c3Cl)c3nn(CCCN4CCNCC4)c[n+]3c2n1. The molecule has 0 bridgehead atoms. The fraction of sp³-hybridized carbons (Fsp3) is 0.417. The number of benzene rings is 1. The summed E-state index contributed by atoms with van der Waals surface area (Å²) in [6.45, 7) is 6.12. The zero-order chi connectivity index (χ0) is 24.4. The van der Waals surface area contributed by atoms with Gasteiger partial charge in [-0.15, -0.1) is 4.68 Å². The van der Waals surface area contributed by atoms with E-state index in [-0.39, 0.29) is 0 Å². The Morgan fingerprint density at radius 2 is 1.91 bits per heavy atom. The Kier molecular flexibility index (Phi) is 6.85. The summed E-state index contributed by atoms with van der Waals surface area (Å²) in [6.07, 6.45) is 4.81. The van der Waals surface area contributed by atoms with E-state index in [9.17, 15) is 0 Å². The molecule has 0 unspecified atom stereocenters. The Labute approximate surface area is 208 Å². The van der Waals surface area contributed by atoms with Crippen LogP contribution in [0.4, 0.5) is 5.95 Å². The summed E-state index contributed by atoms with van der Waals surface area (Å²) in [6, 6.07) is 5.69. The second kappa shape index (κ2) is 10.2. The van der Waals surface area contributed by atoms with Gasteiger partial charge in [0.1, 0.15) is 11.5 Å². The third kappa shape index (κ3) is 4.69. The Morgan fingerprint density at radius 1 is 1.09 bits per heavy atom. The van der Waals surface area contributed by atoms with Gasteiger partial charge in [-0.25, -0.2) is 4.98 Å². The van der Waals surface area contributed by atoms with E-state index in [1.807, 2.05) is 27.5 Å². The molecule has 10 nitrogen and oxygen atoms in total. The topological polar surface area (TPSA) is 93.5 Å². The molecular formula is C24H30ClN8O2+. The number of aryl methyl sites for hydroxylation is 1. The minimum Gasteiger partial charge on any atom is -0.497 e. The van der Waals surface area contributed by atoms with Crippen molar-refractivity contribution in [3.63, 3.8) is 0 Å². The van der Waals surface area contributed by atoms with Crippen molar-refractivity contribution in [3.8, 4) is 22.6 Å². The molecule has 0 saturated carbocycles. The molecule has 0 aliphatic carbocycles. The summed E-state index contributed by atoms with van der Waals surface area (Å²) in [5.74, 6) is 1.74. The summed E-state index contributed by atoms with van der Waals surface area (Å²) < 4.78 is 15.0. The Balaban J connectivity index is 1.60. The Hall–Kier alpha value is -3.21. The van der Waals surface area contributed by atoms with Crippen LogP contribution in [0.15, 0.2) is 30.7 Å². The smallest absolute Gasteiger partial charge is 0.280 e. The molecular weight excluding hydrogens is 468 g/mol. The van der Waals surface area contributed by atoms with E-state index in [0.717, 1.165) is 73.5 Å². The van der Waals surface area contributed by atoms with Crippen molar-refractivity contribution in [1.29, 1.82) is 0 Å². The number of halogens is 1. The van der Waals surface area contributed by atoms with Crippen molar-refractivity contribution in [3.05, 3.63) is 35.7 Å². The van der Waals surface area contributed by atoms with E-state index < -0.39 is 0 Å². The summed E-state index contributed by atoms with van der Waals surface area (Å²) in [4.78, 5) is 11.6. The number of rotatable bonds is 8. The van der Waals surface area contributed by atoms with Crippen LogP contribution in [0.3, 0.4) is 0 Å². The van der Waals surface area contributed by atoms with Crippen LogP contribution in [0.5, 0.6) is 11.5 Å². The van der Waals surface area contributed by atoms with Crippen LogP contribution >= 0.6 is 11.6 Å². The molecule has 184 valence electrons. The first-order valence-corrected chi connectivity index (χ1v) is 12.1.